The number of hydrogen-bond donors (Lipinski definition) is 1. The van der Waals surface area contributed by atoms with Crippen molar-refractivity contribution in [2.24, 2.45) is 5.73 Å². The molecular formula is C23H25FN4O2S. The van der Waals surface area contributed by atoms with Crippen molar-refractivity contribution in [2.75, 3.05) is 25.4 Å². The number of carbonyl (C=O) groups excluding carboxylic acids is 2. The largest absolute Gasteiger partial charge is 0.339 e. The highest BCUT2D eigenvalue weighted by atomic mass is 32.2. The van der Waals surface area contributed by atoms with E-state index in [1.807, 2.05) is 13.0 Å². The Balaban J connectivity index is 1.50. The summed E-state index contributed by atoms with van der Waals surface area (Å²) in [5.74, 6) is 0.107. The van der Waals surface area contributed by atoms with Gasteiger partial charge in [-0.1, -0.05) is 6.07 Å². The maximum atomic E-state index is 13.0. The first kappa shape index (κ1) is 22.8. The van der Waals surface area contributed by atoms with Crippen LogP contribution >= 0.6 is 11.8 Å². The summed E-state index contributed by atoms with van der Waals surface area (Å²) in [6.07, 6.45) is 0.221. The molecule has 1 aliphatic rings. The molecule has 2 amide bonds. The van der Waals surface area contributed by atoms with Crippen molar-refractivity contribution in [2.45, 2.75) is 30.3 Å². The predicted molar refractivity (Wildman–Crippen MR) is 118 cm³/mol. The number of nitriles is 1. The van der Waals surface area contributed by atoms with E-state index in [0.717, 1.165) is 4.90 Å². The van der Waals surface area contributed by atoms with Gasteiger partial charge in [-0.05, 0) is 49.4 Å². The molecule has 2 aromatic carbocycles. The molecule has 2 atom stereocenters. The zero-order valence-electron chi connectivity index (χ0n) is 17.3. The molecule has 0 aliphatic carbocycles. The lowest BCUT2D eigenvalue weighted by molar-refractivity contribution is -0.133. The van der Waals surface area contributed by atoms with Crippen LogP contribution < -0.4 is 5.73 Å². The molecule has 1 heterocycles. The van der Waals surface area contributed by atoms with Crippen LogP contribution in [0.4, 0.5) is 4.39 Å². The number of carbonyl (C=O) groups is 2. The van der Waals surface area contributed by atoms with Gasteiger partial charge in [-0.3, -0.25) is 9.59 Å². The van der Waals surface area contributed by atoms with Crippen molar-refractivity contribution in [3.05, 3.63) is 65.5 Å². The van der Waals surface area contributed by atoms with Crippen LogP contribution in [-0.2, 0) is 4.79 Å². The first-order valence-electron chi connectivity index (χ1n) is 10.1. The standard InChI is InChI=1S/C23H25FN4O2S/c1-16-14-27(9-10-28(16)23(30)18-4-2-3-17(11-18)13-25)22(29)12-20(26)15-31-21-7-5-19(24)6-8-21/h2-8,11,16,20H,9-10,12,14-15,26H2,1H3/t16-,20-/m0/s1. The first-order valence-corrected chi connectivity index (χ1v) is 11.1. The molecule has 2 aromatic rings. The molecule has 1 aliphatic heterocycles. The summed E-state index contributed by atoms with van der Waals surface area (Å²) >= 11 is 1.49. The van der Waals surface area contributed by atoms with Crippen LogP contribution in [0, 0.1) is 17.1 Å². The number of nitrogens with two attached hydrogens (primary N) is 1. The van der Waals surface area contributed by atoms with Crippen molar-refractivity contribution in [3.63, 3.8) is 0 Å². The minimum absolute atomic E-state index is 0.0300. The van der Waals surface area contributed by atoms with Crippen LogP contribution in [0.15, 0.2) is 53.4 Å². The lowest BCUT2D eigenvalue weighted by Gasteiger charge is -2.40. The second-order valence-electron chi connectivity index (χ2n) is 7.61. The minimum atomic E-state index is -0.314. The van der Waals surface area contributed by atoms with Gasteiger partial charge in [0.2, 0.25) is 5.91 Å². The predicted octanol–water partition coefficient (Wildman–Crippen LogP) is 2.88. The van der Waals surface area contributed by atoms with E-state index in [1.54, 1.807) is 46.2 Å². The van der Waals surface area contributed by atoms with Crippen LogP contribution in [0.5, 0.6) is 0 Å². The first-order chi connectivity index (χ1) is 14.9. The minimum Gasteiger partial charge on any atom is -0.339 e. The molecule has 0 unspecified atom stereocenters. The van der Waals surface area contributed by atoms with Crippen LogP contribution in [0.2, 0.25) is 0 Å². The van der Waals surface area contributed by atoms with Crippen molar-refractivity contribution >= 4 is 23.6 Å². The number of hydrogen-bond acceptors (Lipinski definition) is 5. The highest BCUT2D eigenvalue weighted by Crippen LogP contribution is 2.20. The van der Waals surface area contributed by atoms with Gasteiger partial charge in [0.15, 0.2) is 0 Å². The Morgan fingerprint density at radius 3 is 2.68 bits per heavy atom. The third-order valence-electron chi connectivity index (χ3n) is 5.19. The highest BCUT2D eigenvalue weighted by molar-refractivity contribution is 7.99. The lowest BCUT2D eigenvalue weighted by atomic mass is 10.1. The van der Waals surface area contributed by atoms with Gasteiger partial charge in [0.05, 0.1) is 11.6 Å². The molecule has 0 bridgehead atoms. The van der Waals surface area contributed by atoms with Gasteiger partial charge in [0, 0.05) is 54.4 Å². The SMILES string of the molecule is C[C@H]1CN(C(=O)C[C@H](N)CSc2ccc(F)cc2)CCN1C(=O)c1cccc(C#N)c1. The van der Waals surface area contributed by atoms with E-state index in [1.165, 1.54) is 23.9 Å². The second-order valence-corrected chi connectivity index (χ2v) is 8.70. The zero-order chi connectivity index (χ0) is 22.4. The number of amides is 2. The molecule has 31 heavy (non-hydrogen) atoms. The summed E-state index contributed by atoms with van der Waals surface area (Å²) in [5.41, 5.74) is 7.06. The van der Waals surface area contributed by atoms with Crippen LogP contribution in [-0.4, -0.2) is 59.1 Å². The monoisotopic (exact) mass is 440 g/mol. The number of nitrogens with zero attached hydrogens (tertiary/aromatic N) is 3. The smallest absolute Gasteiger partial charge is 0.254 e. The molecule has 3 rings (SSSR count). The Kier molecular flexibility index (Phi) is 7.66. The summed E-state index contributed by atoms with van der Waals surface area (Å²) in [6.45, 7) is 3.24. The summed E-state index contributed by atoms with van der Waals surface area (Å²) in [6, 6.07) is 14.4. The van der Waals surface area contributed by atoms with Crippen molar-refractivity contribution < 1.29 is 14.0 Å². The average Bonchev–Trinajstić information content (AvgIpc) is 2.78. The molecule has 0 saturated carbocycles. The second kappa shape index (κ2) is 10.4. The van der Waals surface area contributed by atoms with E-state index in [2.05, 4.69) is 0 Å². The van der Waals surface area contributed by atoms with Crippen molar-refractivity contribution in [1.29, 1.82) is 5.26 Å². The van der Waals surface area contributed by atoms with E-state index in [-0.39, 0.29) is 36.1 Å². The van der Waals surface area contributed by atoms with Gasteiger partial charge >= 0.3 is 0 Å². The topological polar surface area (TPSA) is 90.4 Å². The Labute approximate surface area is 185 Å². The van der Waals surface area contributed by atoms with Gasteiger partial charge in [-0.25, -0.2) is 4.39 Å². The Bertz CT molecular complexity index is 976. The number of rotatable bonds is 6. The molecular weight excluding hydrogens is 415 g/mol. The van der Waals surface area contributed by atoms with Gasteiger partial charge in [0.1, 0.15) is 5.82 Å². The fraction of sp³-hybridized carbons (Fsp3) is 0.348. The van der Waals surface area contributed by atoms with E-state index >= 15 is 0 Å². The van der Waals surface area contributed by atoms with Crippen LogP contribution in [0.25, 0.3) is 0 Å². The fourth-order valence-corrected chi connectivity index (χ4v) is 4.37. The number of piperazine rings is 1. The Hall–Kier alpha value is -2.89. The summed E-state index contributed by atoms with van der Waals surface area (Å²) in [7, 11) is 0. The molecule has 0 aromatic heterocycles. The third kappa shape index (κ3) is 6.06. The van der Waals surface area contributed by atoms with Crippen molar-refractivity contribution in [3.8, 4) is 6.07 Å². The van der Waals surface area contributed by atoms with Gasteiger partial charge in [0.25, 0.3) is 5.91 Å². The van der Waals surface area contributed by atoms with E-state index in [0.29, 0.717) is 36.5 Å². The number of halogens is 1. The molecule has 8 heteroatoms. The van der Waals surface area contributed by atoms with Gasteiger partial charge in [-0.2, -0.15) is 5.26 Å². The van der Waals surface area contributed by atoms with Gasteiger partial charge < -0.3 is 15.5 Å². The summed E-state index contributed by atoms with van der Waals surface area (Å²) in [5, 5.41) is 9.04. The summed E-state index contributed by atoms with van der Waals surface area (Å²) < 4.78 is 13.0. The lowest BCUT2D eigenvalue weighted by Crippen LogP contribution is -2.56. The van der Waals surface area contributed by atoms with E-state index in [9.17, 15) is 14.0 Å². The molecule has 0 spiro atoms. The molecule has 1 fully saturated rings. The quantitative estimate of drug-likeness (QED) is 0.698. The molecule has 6 nitrogen and oxygen atoms in total. The molecule has 0 radical (unpaired) electrons. The molecule has 162 valence electrons. The Morgan fingerprint density at radius 1 is 1.26 bits per heavy atom. The fourth-order valence-electron chi connectivity index (χ4n) is 3.52. The number of thioether (sulfide) groups is 1. The maximum Gasteiger partial charge on any atom is 0.254 e. The Morgan fingerprint density at radius 2 is 2.00 bits per heavy atom. The zero-order valence-corrected chi connectivity index (χ0v) is 18.1. The molecule has 1 saturated heterocycles. The highest BCUT2D eigenvalue weighted by Gasteiger charge is 2.30. The van der Waals surface area contributed by atoms with Crippen molar-refractivity contribution in [1.82, 2.24) is 9.80 Å². The molecule has 2 N–H and O–H groups in total. The normalized spacial score (nSPS) is 17.2. The maximum absolute atomic E-state index is 13.0. The number of benzene rings is 2. The van der Waals surface area contributed by atoms with Crippen LogP contribution in [0.1, 0.15) is 29.3 Å². The van der Waals surface area contributed by atoms with E-state index in [4.69, 9.17) is 11.0 Å². The van der Waals surface area contributed by atoms with E-state index < -0.39 is 0 Å². The summed E-state index contributed by atoms with van der Waals surface area (Å²) in [4.78, 5) is 29.9. The third-order valence-corrected chi connectivity index (χ3v) is 6.39. The average molecular weight is 441 g/mol. The van der Waals surface area contributed by atoms with Gasteiger partial charge in [-0.15, -0.1) is 11.8 Å². The van der Waals surface area contributed by atoms with Crippen LogP contribution in [0.3, 0.4) is 0 Å².